The van der Waals surface area contributed by atoms with Crippen LogP contribution < -0.4 is 14.8 Å². The van der Waals surface area contributed by atoms with Gasteiger partial charge in [0, 0.05) is 24.2 Å². The Labute approximate surface area is 192 Å². The van der Waals surface area contributed by atoms with E-state index in [4.69, 9.17) is 9.47 Å². The normalized spacial score (nSPS) is 11.9. The number of rotatable bonds is 6. The third-order valence-corrected chi connectivity index (χ3v) is 5.26. The molecular formula is C24H17FN4O5. The molecule has 1 N–H and O–H groups in total. The molecule has 1 aromatic heterocycles. The second-order valence-corrected chi connectivity index (χ2v) is 7.48. The highest BCUT2D eigenvalue weighted by Crippen LogP contribution is 2.32. The number of carbonyl (C=O) groups is 1. The molecule has 0 saturated carbocycles. The molecule has 0 aliphatic carbocycles. The number of hydrogen-bond donors (Lipinski definition) is 1. The topological polar surface area (TPSA) is 109 Å². The molecule has 9 nitrogen and oxygen atoms in total. The van der Waals surface area contributed by atoms with E-state index in [1.165, 1.54) is 35.0 Å². The van der Waals surface area contributed by atoms with E-state index in [1.807, 2.05) is 6.07 Å². The van der Waals surface area contributed by atoms with Crippen LogP contribution in [0.5, 0.6) is 11.5 Å². The van der Waals surface area contributed by atoms with Crippen LogP contribution in [-0.2, 0) is 6.54 Å². The number of ether oxygens (including phenoxy) is 2. The molecule has 3 aromatic carbocycles. The molecule has 0 saturated heterocycles. The molecule has 1 amide bonds. The van der Waals surface area contributed by atoms with Crippen LogP contribution in [0.2, 0.25) is 0 Å². The van der Waals surface area contributed by atoms with E-state index in [1.54, 1.807) is 36.4 Å². The first-order valence-corrected chi connectivity index (χ1v) is 10.3. The summed E-state index contributed by atoms with van der Waals surface area (Å²) in [6, 6.07) is 18.4. The first kappa shape index (κ1) is 21.1. The Balaban J connectivity index is 1.47. The van der Waals surface area contributed by atoms with Gasteiger partial charge in [-0.25, -0.2) is 9.07 Å². The second kappa shape index (κ2) is 8.66. The Morgan fingerprint density at radius 1 is 1.06 bits per heavy atom. The fourth-order valence-corrected chi connectivity index (χ4v) is 3.56. The minimum atomic E-state index is -0.521. The van der Waals surface area contributed by atoms with Crippen molar-refractivity contribution in [2.24, 2.45) is 0 Å². The zero-order valence-corrected chi connectivity index (χ0v) is 17.6. The van der Waals surface area contributed by atoms with Crippen LogP contribution in [0.1, 0.15) is 16.1 Å². The zero-order valence-electron chi connectivity index (χ0n) is 17.6. The van der Waals surface area contributed by atoms with E-state index in [0.29, 0.717) is 28.4 Å². The molecule has 4 aromatic rings. The SMILES string of the molecule is O=C(NCc1ccc2c(c1)OCO2)c1cc(-c2ccc(F)cc2)nn1-c1cccc([N+](=O)[O-])c1. The summed E-state index contributed by atoms with van der Waals surface area (Å²) in [4.78, 5) is 23.9. The van der Waals surface area contributed by atoms with Gasteiger partial charge >= 0.3 is 0 Å². The highest BCUT2D eigenvalue weighted by Gasteiger charge is 2.20. The van der Waals surface area contributed by atoms with Gasteiger partial charge in [0.05, 0.1) is 16.3 Å². The molecule has 170 valence electrons. The Morgan fingerprint density at radius 3 is 2.65 bits per heavy atom. The summed E-state index contributed by atoms with van der Waals surface area (Å²) in [6.45, 7) is 0.362. The van der Waals surface area contributed by atoms with Crippen molar-refractivity contribution in [1.29, 1.82) is 0 Å². The molecule has 0 unspecified atom stereocenters. The number of non-ortho nitro benzene ring substituents is 1. The smallest absolute Gasteiger partial charge is 0.271 e. The number of carbonyl (C=O) groups excluding carboxylic acids is 1. The number of benzene rings is 3. The van der Waals surface area contributed by atoms with Crippen molar-refractivity contribution in [1.82, 2.24) is 15.1 Å². The van der Waals surface area contributed by atoms with Crippen LogP contribution in [0, 0.1) is 15.9 Å². The predicted molar refractivity (Wildman–Crippen MR) is 119 cm³/mol. The lowest BCUT2D eigenvalue weighted by Crippen LogP contribution is -2.25. The fraction of sp³-hybridized carbons (Fsp3) is 0.0833. The van der Waals surface area contributed by atoms with Crippen LogP contribution in [-0.4, -0.2) is 27.4 Å². The van der Waals surface area contributed by atoms with Gasteiger partial charge in [-0.15, -0.1) is 0 Å². The molecule has 1 aliphatic rings. The summed E-state index contributed by atoms with van der Waals surface area (Å²) in [5.74, 6) is 0.406. The van der Waals surface area contributed by atoms with Crippen molar-refractivity contribution >= 4 is 11.6 Å². The lowest BCUT2D eigenvalue weighted by atomic mass is 10.1. The van der Waals surface area contributed by atoms with Crippen molar-refractivity contribution in [3.63, 3.8) is 0 Å². The maximum atomic E-state index is 13.4. The van der Waals surface area contributed by atoms with Crippen LogP contribution in [0.4, 0.5) is 10.1 Å². The highest BCUT2D eigenvalue weighted by atomic mass is 19.1. The first-order chi connectivity index (χ1) is 16.5. The Morgan fingerprint density at radius 2 is 1.85 bits per heavy atom. The van der Waals surface area contributed by atoms with Gasteiger partial charge in [-0.3, -0.25) is 14.9 Å². The molecule has 0 spiro atoms. The summed E-state index contributed by atoms with van der Waals surface area (Å²) in [5, 5.41) is 18.6. The number of amides is 1. The van der Waals surface area contributed by atoms with Gasteiger partial charge < -0.3 is 14.8 Å². The van der Waals surface area contributed by atoms with Crippen LogP contribution >= 0.6 is 0 Å². The van der Waals surface area contributed by atoms with E-state index in [9.17, 15) is 19.3 Å². The summed E-state index contributed by atoms with van der Waals surface area (Å²) in [6.07, 6.45) is 0. The number of nitro benzene ring substituents is 1. The van der Waals surface area contributed by atoms with Gasteiger partial charge in [-0.2, -0.15) is 5.10 Å². The molecule has 5 rings (SSSR count). The van der Waals surface area contributed by atoms with Gasteiger partial charge in [0.25, 0.3) is 11.6 Å². The van der Waals surface area contributed by atoms with Crippen molar-refractivity contribution in [3.05, 3.63) is 100.0 Å². The maximum absolute atomic E-state index is 13.4. The minimum absolute atomic E-state index is 0.136. The van der Waals surface area contributed by atoms with Crippen molar-refractivity contribution in [2.75, 3.05) is 6.79 Å². The van der Waals surface area contributed by atoms with Gasteiger partial charge in [0.1, 0.15) is 11.5 Å². The number of halogens is 1. The minimum Gasteiger partial charge on any atom is -0.454 e. The fourth-order valence-electron chi connectivity index (χ4n) is 3.56. The van der Waals surface area contributed by atoms with Crippen LogP contribution in [0.15, 0.2) is 72.8 Å². The predicted octanol–water partition coefficient (Wildman–Crippen LogP) is 4.25. The molecule has 0 atom stereocenters. The first-order valence-electron chi connectivity index (χ1n) is 10.3. The molecule has 34 heavy (non-hydrogen) atoms. The largest absolute Gasteiger partial charge is 0.454 e. The summed E-state index contributed by atoms with van der Waals surface area (Å²) < 4.78 is 25.4. The number of aromatic nitrogens is 2. The average Bonchev–Trinajstić information content (AvgIpc) is 3.50. The Kier molecular flexibility index (Phi) is 5.38. The zero-order chi connectivity index (χ0) is 23.7. The number of nitrogens with zero attached hydrogens (tertiary/aromatic N) is 3. The third kappa shape index (κ3) is 4.16. The van der Waals surface area contributed by atoms with E-state index in [0.717, 1.165) is 5.56 Å². The summed E-state index contributed by atoms with van der Waals surface area (Å²) >= 11 is 0. The maximum Gasteiger partial charge on any atom is 0.271 e. The number of hydrogen-bond acceptors (Lipinski definition) is 6. The van der Waals surface area contributed by atoms with Crippen LogP contribution in [0.25, 0.3) is 16.9 Å². The molecule has 0 fully saturated rings. The molecule has 10 heteroatoms. The van der Waals surface area contributed by atoms with Crippen molar-refractivity contribution in [2.45, 2.75) is 6.54 Å². The van der Waals surface area contributed by atoms with E-state index in [-0.39, 0.29) is 24.7 Å². The van der Waals surface area contributed by atoms with Gasteiger partial charge in [0.2, 0.25) is 6.79 Å². The lowest BCUT2D eigenvalue weighted by Gasteiger charge is -2.09. The van der Waals surface area contributed by atoms with E-state index < -0.39 is 16.6 Å². The van der Waals surface area contributed by atoms with Gasteiger partial charge in [-0.1, -0.05) is 12.1 Å². The number of nitrogens with one attached hydrogen (secondary N) is 1. The Hall–Kier alpha value is -4.73. The lowest BCUT2D eigenvalue weighted by molar-refractivity contribution is -0.384. The molecule has 0 radical (unpaired) electrons. The molecule has 1 aliphatic heterocycles. The van der Waals surface area contributed by atoms with Gasteiger partial charge in [-0.05, 0) is 54.1 Å². The molecule has 2 heterocycles. The second-order valence-electron chi connectivity index (χ2n) is 7.48. The quantitative estimate of drug-likeness (QED) is 0.341. The van der Waals surface area contributed by atoms with E-state index in [2.05, 4.69) is 10.4 Å². The monoisotopic (exact) mass is 460 g/mol. The van der Waals surface area contributed by atoms with E-state index >= 15 is 0 Å². The highest BCUT2D eigenvalue weighted by molar-refractivity contribution is 5.94. The van der Waals surface area contributed by atoms with Crippen LogP contribution in [0.3, 0.4) is 0 Å². The molecule has 0 bridgehead atoms. The van der Waals surface area contributed by atoms with Gasteiger partial charge in [0.15, 0.2) is 11.5 Å². The standard InChI is InChI=1S/C24H17FN4O5/c25-17-7-5-16(6-8-17)20-12-21(28(27-20)18-2-1-3-19(11-18)29(31)32)24(30)26-13-15-4-9-22-23(10-15)34-14-33-22/h1-12H,13-14H2,(H,26,30). The Bertz CT molecular complexity index is 1400. The van der Waals surface area contributed by atoms with Crippen molar-refractivity contribution in [3.8, 4) is 28.4 Å². The average molecular weight is 460 g/mol. The summed E-state index contributed by atoms with van der Waals surface area (Å²) in [5.41, 5.74) is 2.19. The number of nitro groups is 1. The number of fused-ring (bicyclic) bond motifs is 1. The van der Waals surface area contributed by atoms with Crippen molar-refractivity contribution < 1.29 is 23.6 Å². The summed E-state index contributed by atoms with van der Waals surface area (Å²) in [7, 11) is 0. The third-order valence-electron chi connectivity index (χ3n) is 5.26. The molecular weight excluding hydrogens is 443 g/mol.